The van der Waals surface area contributed by atoms with Crippen molar-refractivity contribution in [2.45, 2.75) is 0 Å². The molecule has 0 atom stereocenters. The molecule has 0 aliphatic heterocycles. The Labute approximate surface area is 124 Å². The second kappa shape index (κ2) is 6.19. The fourth-order valence-electron chi connectivity index (χ4n) is 1.68. The SMILES string of the molecule is O=C(COc1ccccc1)Nc1nonc1-c1cccs1. The minimum atomic E-state index is -0.327. The topological polar surface area (TPSA) is 77.2 Å². The van der Waals surface area contributed by atoms with Gasteiger partial charge in [-0.15, -0.1) is 11.3 Å². The Kier molecular flexibility index (Phi) is 3.92. The summed E-state index contributed by atoms with van der Waals surface area (Å²) >= 11 is 1.49. The van der Waals surface area contributed by atoms with E-state index in [9.17, 15) is 4.79 Å². The quantitative estimate of drug-likeness (QED) is 0.784. The summed E-state index contributed by atoms with van der Waals surface area (Å²) in [4.78, 5) is 12.7. The number of anilines is 1. The zero-order valence-corrected chi connectivity index (χ0v) is 11.7. The lowest BCUT2D eigenvalue weighted by Crippen LogP contribution is -2.20. The Hall–Kier alpha value is -2.67. The zero-order valence-electron chi connectivity index (χ0n) is 10.9. The normalized spacial score (nSPS) is 10.3. The molecule has 0 bridgehead atoms. The largest absolute Gasteiger partial charge is 0.484 e. The first-order valence-corrected chi connectivity index (χ1v) is 7.05. The fraction of sp³-hybridized carbons (Fsp3) is 0.0714. The number of rotatable bonds is 5. The summed E-state index contributed by atoms with van der Waals surface area (Å²) in [5.74, 6) is 0.593. The molecule has 0 unspecified atom stereocenters. The minimum absolute atomic E-state index is 0.110. The molecule has 7 heteroatoms. The average molecular weight is 301 g/mol. The molecule has 0 saturated carbocycles. The van der Waals surface area contributed by atoms with E-state index in [4.69, 9.17) is 4.74 Å². The van der Waals surface area contributed by atoms with Crippen molar-refractivity contribution in [2.24, 2.45) is 0 Å². The highest BCUT2D eigenvalue weighted by molar-refractivity contribution is 7.13. The molecule has 0 spiro atoms. The Morgan fingerprint density at radius 1 is 1.19 bits per heavy atom. The number of para-hydroxylation sites is 1. The molecule has 3 rings (SSSR count). The first kappa shape index (κ1) is 13.3. The van der Waals surface area contributed by atoms with Crippen LogP contribution in [0.2, 0.25) is 0 Å². The number of benzene rings is 1. The number of ether oxygens (including phenoxy) is 1. The van der Waals surface area contributed by atoms with Gasteiger partial charge in [-0.3, -0.25) is 4.79 Å². The van der Waals surface area contributed by atoms with Crippen molar-refractivity contribution >= 4 is 23.1 Å². The van der Waals surface area contributed by atoms with Crippen molar-refractivity contribution < 1.29 is 14.2 Å². The van der Waals surface area contributed by atoms with E-state index < -0.39 is 0 Å². The van der Waals surface area contributed by atoms with Gasteiger partial charge >= 0.3 is 0 Å². The van der Waals surface area contributed by atoms with Crippen LogP contribution in [0, 0.1) is 0 Å². The standard InChI is InChI=1S/C14H11N3O3S/c18-12(9-19-10-5-2-1-3-6-10)15-14-13(16-20-17-14)11-7-4-8-21-11/h1-8H,9H2,(H,15,17,18). The molecular weight excluding hydrogens is 290 g/mol. The van der Waals surface area contributed by atoms with E-state index in [-0.39, 0.29) is 12.5 Å². The smallest absolute Gasteiger partial charge is 0.263 e. The van der Waals surface area contributed by atoms with E-state index in [1.54, 1.807) is 12.1 Å². The van der Waals surface area contributed by atoms with Gasteiger partial charge in [-0.1, -0.05) is 24.3 Å². The lowest BCUT2D eigenvalue weighted by Gasteiger charge is -2.05. The van der Waals surface area contributed by atoms with Gasteiger partial charge in [-0.05, 0) is 33.9 Å². The second-order valence-electron chi connectivity index (χ2n) is 4.09. The molecule has 21 heavy (non-hydrogen) atoms. The summed E-state index contributed by atoms with van der Waals surface area (Å²) in [6.07, 6.45) is 0. The van der Waals surface area contributed by atoms with Crippen molar-refractivity contribution in [2.75, 3.05) is 11.9 Å². The number of carbonyl (C=O) groups is 1. The Balaban J connectivity index is 1.62. The molecule has 2 aromatic heterocycles. The highest BCUT2D eigenvalue weighted by atomic mass is 32.1. The Morgan fingerprint density at radius 3 is 2.81 bits per heavy atom. The van der Waals surface area contributed by atoms with E-state index in [0.29, 0.717) is 17.3 Å². The van der Waals surface area contributed by atoms with Crippen LogP contribution >= 0.6 is 11.3 Å². The van der Waals surface area contributed by atoms with Gasteiger partial charge in [0.15, 0.2) is 12.3 Å². The van der Waals surface area contributed by atoms with Gasteiger partial charge in [0.1, 0.15) is 5.75 Å². The third-order valence-corrected chi connectivity index (χ3v) is 3.49. The predicted octanol–water partition coefficient (Wildman–Crippen LogP) is 2.82. The van der Waals surface area contributed by atoms with Gasteiger partial charge in [0, 0.05) is 0 Å². The number of amides is 1. The molecule has 0 fully saturated rings. The number of nitrogens with one attached hydrogen (secondary N) is 1. The van der Waals surface area contributed by atoms with Crippen molar-refractivity contribution in [3.05, 3.63) is 47.8 Å². The van der Waals surface area contributed by atoms with Gasteiger partial charge in [0.05, 0.1) is 4.88 Å². The van der Waals surface area contributed by atoms with Gasteiger partial charge < -0.3 is 10.1 Å². The molecule has 0 aliphatic carbocycles. The molecule has 2 heterocycles. The van der Waals surface area contributed by atoms with Crippen LogP contribution in [0.5, 0.6) is 5.75 Å². The third-order valence-electron chi connectivity index (χ3n) is 2.61. The van der Waals surface area contributed by atoms with Gasteiger partial charge in [-0.25, -0.2) is 4.63 Å². The lowest BCUT2D eigenvalue weighted by molar-refractivity contribution is -0.118. The number of carbonyl (C=O) groups excluding carboxylic acids is 1. The maximum absolute atomic E-state index is 11.9. The van der Waals surface area contributed by atoms with E-state index >= 15 is 0 Å². The summed E-state index contributed by atoms with van der Waals surface area (Å²) < 4.78 is 10.0. The molecule has 1 aromatic carbocycles. The molecule has 106 valence electrons. The molecule has 0 aliphatic rings. The van der Waals surface area contributed by atoms with Crippen LogP contribution in [-0.4, -0.2) is 22.8 Å². The molecule has 6 nitrogen and oxygen atoms in total. The fourth-order valence-corrected chi connectivity index (χ4v) is 2.39. The second-order valence-corrected chi connectivity index (χ2v) is 5.04. The van der Waals surface area contributed by atoms with Crippen LogP contribution in [-0.2, 0) is 4.79 Å². The lowest BCUT2D eigenvalue weighted by atomic mass is 10.3. The molecule has 1 amide bonds. The van der Waals surface area contributed by atoms with Gasteiger partial charge in [-0.2, -0.15) is 0 Å². The predicted molar refractivity (Wildman–Crippen MR) is 78.2 cm³/mol. The highest BCUT2D eigenvalue weighted by Crippen LogP contribution is 2.28. The number of aromatic nitrogens is 2. The minimum Gasteiger partial charge on any atom is -0.484 e. The average Bonchev–Trinajstić information content (AvgIpc) is 3.17. The van der Waals surface area contributed by atoms with Crippen molar-refractivity contribution in [1.82, 2.24) is 10.3 Å². The first-order valence-electron chi connectivity index (χ1n) is 6.17. The zero-order chi connectivity index (χ0) is 14.5. The summed E-state index contributed by atoms with van der Waals surface area (Å²) in [6, 6.07) is 12.9. The number of nitrogens with zero attached hydrogens (tertiary/aromatic N) is 2. The molecule has 1 N–H and O–H groups in total. The van der Waals surface area contributed by atoms with Crippen LogP contribution in [0.3, 0.4) is 0 Å². The van der Waals surface area contributed by atoms with Gasteiger partial charge in [0.2, 0.25) is 5.82 Å². The molecule has 0 radical (unpaired) electrons. The van der Waals surface area contributed by atoms with E-state index in [1.807, 2.05) is 35.7 Å². The maximum Gasteiger partial charge on any atom is 0.263 e. The molecular formula is C14H11N3O3S. The first-order chi connectivity index (χ1) is 10.3. The van der Waals surface area contributed by atoms with Crippen molar-refractivity contribution in [1.29, 1.82) is 0 Å². The number of thiophene rings is 1. The van der Waals surface area contributed by atoms with Gasteiger partial charge in [0.25, 0.3) is 5.91 Å². The number of hydrogen-bond donors (Lipinski definition) is 1. The third kappa shape index (κ3) is 3.26. The Morgan fingerprint density at radius 2 is 2.05 bits per heavy atom. The summed E-state index contributed by atoms with van der Waals surface area (Å²) in [5, 5.41) is 12.0. The van der Waals surface area contributed by atoms with Crippen LogP contribution in [0.15, 0.2) is 52.5 Å². The Bertz CT molecular complexity index is 710. The maximum atomic E-state index is 11.9. The van der Waals surface area contributed by atoms with E-state index in [1.165, 1.54) is 11.3 Å². The van der Waals surface area contributed by atoms with Crippen molar-refractivity contribution in [3.63, 3.8) is 0 Å². The summed E-state index contributed by atoms with van der Waals surface area (Å²) in [5.41, 5.74) is 0.512. The molecule has 0 saturated heterocycles. The van der Waals surface area contributed by atoms with Crippen molar-refractivity contribution in [3.8, 4) is 16.3 Å². The van der Waals surface area contributed by atoms with Crippen LogP contribution in [0.4, 0.5) is 5.82 Å². The summed E-state index contributed by atoms with van der Waals surface area (Å²) in [7, 11) is 0. The van der Waals surface area contributed by atoms with Crippen LogP contribution in [0.25, 0.3) is 10.6 Å². The molecule has 3 aromatic rings. The van der Waals surface area contributed by atoms with E-state index in [0.717, 1.165) is 4.88 Å². The number of hydrogen-bond acceptors (Lipinski definition) is 6. The van der Waals surface area contributed by atoms with Crippen LogP contribution < -0.4 is 10.1 Å². The van der Waals surface area contributed by atoms with Crippen LogP contribution in [0.1, 0.15) is 0 Å². The van der Waals surface area contributed by atoms with E-state index in [2.05, 4.69) is 20.3 Å². The monoisotopic (exact) mass is 301 g/mol. The highest BCUT2D eigenvalue weighted by Gasteiger charge is 2.15. The summed E-state index contributed by atoms with van der Waals surface area (Å²) in [6.45, 7) is -0.110.